The second-order valence-electron chi connectivity index (χ2n) is 4.44. The number of aryl methyl sites for hydroxylation is 1. The summed E-state index contributed by atoms with van der Waals surface area (Å²) in [5, 5.41) is 3.54. The molecule has 0 aliphatic carbocycles. The number of nitrogens with one attached hydrogen (secondary N) is 1. The van der Waals surface area contributed by atoms with Crippen molar-refractivity contribution in [2.45, 2.75) is 53.0 Å². The largest absolute Gasteiger partial charge is 0.314 e. The second-order valence-corrected chi connectivity index (χ2v) is 5.69. The molecule has 0 fully saturated rings. The van der Waals surface area contributed by atoms with Gasteiger partial charge < -0.3 is 5.32 Å². The van der Waals surface area contributed by atoms with Gasteiger partial charge in [-0.25, -0.2) is 0 Å². The molecular weight excluding hydrogens is 214 g/mol. The minimum Gasteiger partial charge on any atom is -0.314 e. The van der Waals surface area contributed by atoms with Crippen molar-refractivity contribution in [2.24, 2.45) is 5.92 Å². The predicted octanol–water partition coefficient (Wildman–Crippen LogP) is 3.88. The van der Waals surface area contributed by atoms with E-state index in [1.807, 2.05) is 11.3 Å². The average Bonchev–Trinajstić information content (AvgIpc) is 2.73. The van der Waals surface area contributed by atoms with Gasteiger partial charge in [0.1, 0.15) is 0 Å². The molecule has 1 N–H and O–H groups in total. The van der Waals surface area contributed by atoms with Gasteiger partial charge in [-0.1, -0.05) is 27.2 Å². The molecule has 2 atom stereocenters. The van der Waals surface area contributed by atoms with Crippen LogP contribution >= 0.6 is 11.3 Å². The molecule has 2 heteroatoms. The topological polar surface area (TPSA) is 12.0 Å². The summed E-state index contributed by atoms with van der Waals surface area (Å²) >= 11 is 1.98. The lowest BCUT2D eigenvalue weighted by Crippen LogP contribution is -2.34. The van der Waals surface area contributed by atoms with E-state index in [1.165, 1.54) is 24.1 Å². The molecule has 0 amide bonds. The van der Waals surface area contributed by atoms with E-state index in [2.05, 4.69) is 45.1 Å². The third-order valence-electron chi connectivity index (χ3n) is 3.29. The third kappa shape index (κ3) is 3.91. The first-order chi connectivity index (χ1) is 7.71. The predicted molar refractivity (Wildman–Crippen MR) is 74.3 cm³/mol. The van der Waals surface area contributed by atoms with Crippen LogP contribution in [0, 0.1) is 5.92 Å². The summed E-state index contributed by atoms with van der Waals surface area (Å²) < 4.78 is 0. The number of rotatable bonds is 7. The van der Waals surface area contributed by atoms with Crippen LogP contribution in [0.1, 0.15) is 43.9 Å². The lowest BCUT2D eigenvalue weighted by Gasteiger charge is -2.22. The number of hydrogen-bond acceptors (Lipinski definition) is 2. The van der Waals surface area contributed by atoms with E-state index < -0.39 is 0 Å². The van der Waals surface area contributed by atoms with Gasteiger partial charge in [-0.15, -0.1) is 11.3 Å². The van der Waals surface area contributed by atoms with Crippen molar-refractivity contribution in [3.05, 3.63) is 21.9 Å². The van der Waals surface area contributed by atoms with Gasteiger partial charge >= 0.3 is 0 Å². The molecular formula is C14H25NS. The Morgan fingerprint density at radius 1 is 1.19 bits per heavy atom. The molecule has 16 heavy (non-hydrogen) atoms. The molecule has 0 spiro atoms. The Balaban J connectivity index is 2.55. The zero-order valence-electron chi connectivity index (χ0n) is 11.0. The zero-order chi connectivity index (χ0) is 12.0. The molecule has 1 heterocycles. The highest BCUT2D eigenvalue weighted by atomic mass is 32.1. The van der Waals surface area contributed by atoms with Crippen LogP contribution in [0.3, 0.4) is 0 Å². The average molecular weight is 239 g/mol. The summed E-state index contributed by atoms with van der Waals surface area (Å²) in [7, 11) is 0. The molecule has 0 aliphatic rings. The van der Waals surface area contributed by atoms with E-state index in [9.17, 15) is 0 Å². The van der Waals surface area contributed by atoms with Crippen molar-refractivity contribution in [2.75, 3.05) is 6.54 Å². The Labute approximate surface area is 104 Å². The van der Waals surface area contributed by atoms with Gasteiger partial charge in [0.05, 0.1) is 0 Å². The van der Waals surface area contributed by atoms with Crippen LogP contribution in [0.25, 0.3) is 0 Å². The summed E-state index contributed by atoms with van der Waals surface area (Å²) in [6, 6.07) is 5.22. The quantitative estimate of drug-likeness (QED) is 0.761. The molecule has 0 bridgehead atoms. The van der Waals surface area contributed by atoms with Crippen molar-refractivity contribution in [1.29, 1.82) is 0 Å². The SMILES string of the molecule is CCNC(C)C(CC)Cc1ccc(CC)s1. The minimum atomic E-state index is 0.627. The Bertz CT molecular complexity index is 293. The summed E-state index contributed by atoms with van der Waals surface area (Å²) in [4.78, 5) is 3.06. The summed E-state index contributed by atoms with van der Waals surface area (Å²) in [5.41, 5.74) is 0. The Morgan fingerprint density at radius 3 is 2.38 bits per heavy atom. The van der Waals surface area contributed by atoms with Gasteiger partial charge in [0.15, 0.2) is 0 Å². The zero-order valence-corrected chi connectivity index (χ0v) is 11.9. The van der Waals surface area contributed by atoms with E-state index in [0.717, 1.165) is 12.5 Å². The fourth-order valence-electron chi connectivity index (χ4n) is 2.14. The van der Waals surface area contributed by atoms with E-state index in [0.29, 0.717) is 6.04 Å². The fraction of sp³-hybridized carbons (Fsp3) is 0.714. The monoisotopic (exact) mass is 239 g/mol. The first kappa shape index (κ1) is 13.7. The standard InChI is InChI=1S/C14H25NS/c1-5-12(11(4)15-7-3)10-14-9-8-13(6-2)16-14/h8-9,11-12,15H,5-7,10H2,1-4H3. The highest BCUT2D eigenvalue weighted by molar-refractivity contribution is 7.11. The van der Waals surface area contributed by atoms with E-state index in [-0.39, 0.29) is 0 Å². The van der Waals surface area contributed by atoms with Crippen LogP contribution in [-0.4, -0.2) is 12.6 Å². The molecule has 92 valence electrons. The van der Waals surface area contributed by atoms with Crippen molar-refractivity contribution in [3.63, 3.8) is 0 Å². The van der Waals surface area contributed by atoms with Gasteiger partial charge in [-0.2, -0.15) is 0 Å². The normalized spacial score (nSPS) is 15.0. The molecule has 0 saturated heterocycles. The van der Waals surface area contributed by atoms with Crippen LogP contribution in [0.2, 0.25) is 0 Å². The molecule has 1 aromatic heterocycles. The van der Waals surface area contributed by atoms with E-state index in [1.54, 1.807) is 4.88 Å². The summed E-state index contributed by atoms with van der Waals surface area (Å²) in [6.45, 7) is 10.1. The highest BCUT2D eigenvalue weighted by Crippen LogP contribution is 2.23. The van der Waals surface area contributed by atoms with Crippen molar-refractivity contribution >= 4 is 11.3 Å². The van der Waals surface area contributed by atoms with Crippen LogP contribution in [0.5, 0.6) is 0 Å². The lowest BCUT2D eigenvalue weighted by molar-refractivity contribution is 0.369. The van der Waals surface area contributed by atoms with E-state index in [4.69, 9.17) is 0 Å². The molecule has 0 radical (unpaired) electrons. The fourth-order valence-corrected chi connectivity index (χ4v) is 3.19. The van der Waals surface area contributed by atoms with Gasteiger partial charge in [0.2, 0.25) is 0 Å². The third-order valence-corrected chi connectivity index (χ3v) is 4.54. The second kappa shape index (κ2) is 7.08. The molecule has 2 unspecified atom stereocenters. The summed E-state index contributed by atoms with van der Waals surface area (Å²) in [5.74, 6) is 0.767. The maximum atomic E-state index is 3.54. The minimum absolute atomic E-state index is 0.627. The van der Waals surface area contributed by atoms with Crippen molar-refractivity contribution < 1.29 is 0 Å². The molecule has 1 nitrogen and oxygen atoms in total. The molecule has 0 aromatic carbocycles. The van der Waals surface area contributed by atoms with Crippen LogP contribution < -0.4 is 5.32 Å². The van der Waals surface area contributed by atoms with Crippen molar-refractivity contribution in [1.82, 2.24) is 5.32 Å². The van der Waals surface area contributed by atoms with Crippen LogP contribution in [0.4, 0.5) is 0 Å². The molecule has 1 rings (SSSR count). The maximum absolute atomic E-state index is 3.54. The van der Waals surface area contributed by atoms with E-state index >= 15 is 0 Å². The van der Waals surface area contributed by atoms with Gasteiger partial charge in [-0.3, -0.25) is 0 Å². The first-order valence-corrected chi connectivity index (χ1v) is 7.33. The smallest absolute Gasteiger partial charge is 0.00702 e. The first-order valence-electron chi connectivity index (χ1n) is 6.52. The Hall–Kier alpha value is -0.340. The van der Waals surface area contributed by atoms with Gasteiger partial charge in [-0.05, 0) is 44.4 Å². The highest BCUT2D eigenvalue weighted by Gasteiger charge is 2.15. The molecule has 0 aliphatic heterocycles. The van der Waals surface area contributed by atoms with Crippen LogP contribution in [0.15, 0.2) is 12.1 Å². The van der Waals surface area contributed by atoms with Gasteiger partial charge in [0, 0.05) is 15.8 Å². The number of hydrogen-bond donors (Lipinski definition) is 1. The molecule has 1 aromatic rings. The Morgan fingerprint density at radius 2 is 1.88 bits per heavy atom. The molecule has 0 saturated carbocycles. The summed E-state index contributed by atoms with van der Waals surface area (Å²) in [6.07, 6.45) is 3.66. The van der Waals surface area contributed by atoms with Gasteiger partial charge in [0.25, 0.3) is 0 Å². The van der Waals surface area contributed by atoms with Crippen molar-refractivity contribution in [3.8, 4) is 0 Å². The van der Waals surface area contributed by atoms with Crippen LogP contribution in [-0.2, 0) is 12.8 Å². The number of thiophene rings is 1. The maximum Gasteiger partial charge on any atom is 0.00702 e. The Kier molecular flexibility index (Phi) is 6.07. The lowest BCUT2D eigenvalue weighted by atomic mass is 9.94.